The van der Waals surface area contributed by atoms with Gasteiger partial charge in [0.2, 0.25) is 0 Å². The van der Waals surface area contributed by atoms with E-state index in [0.717, 1.165) is 24.1 Å². The van der Waals surface area contributed by atoms with E-state index >= 15 is 0 Å². The molecule has 21 heavy (non-hydrogen) atoms. The van der Waals surface area contributed by atoms with Crippen molar-refractivity contribution in [1.29, 1.82) is 0 Å². The van der Waals surface area contributed by atoms with E-state index in [2.05, 4.69) is 36.5 Å². The van der Waals surface area contributed by atoms with E-state index in [0.29, 0.717) is 6.04 Å². The van der Waals surface area contributed by atoms with E-state index in [9.17, 15) is 0 Å². The summed E-state index contributed by atoms with van der Waals surface area (Å²) in [6.07, 6.45) is 1.03. The van der Waals surface area contributed by atoms with Crippen molar-refractivity contribution < 1.29 is 5.21 Å². The van der Waals surface area contributed by atoms with E-state index < -0.39 is 0 Å². The molecule has 5 heteroatoms. The number of nitrogens with two attached hydrogens (primary N) is 1. The molecule has 0 radical (unpaired) electrons. The van der Waals surface area contributed by atoms with Crippen molar-refractivity contribution in [2.75, 3.05) is 0 Å². The van der Waals surface area contributed by atoms with E-state index in [1.807, 2.05) is 35.6 Å². The maximum atomic E-state index is 8.71. The molecule has 2 aromatic rings. The predicted molar refractivity (Wildman–Crippen MR) is 88.0 cm³/mol. The van der Waals surface area contributed by atoms with E-state index in [1.54, 1.807) is 0 Å². The van der Waals surface area contributed by atoms with Crippen LogP contribution in [-0.2, 0) is 13.0 Å². The zero-order valence-corrected chi connectivity index (χ0v) is 13.2. The highest BCUT2D eigenvalue weighted by atomic mass is 32.1. The van der Waals surface area contributed by atoms with Gasteiger partial charge in [-0.05, 0) is 44.0 Å². The van der Waals surface area contributed by atoms with Crippen LogP contribution in [0.3, 0.4) is 0 Å². The smallest absolute Gasteiger partial charge is 0.170 e. The van der Waals surface area contributed by atoms with Crippen molar-refractivity contribution in [3.05, 3.63) is 57.3 Å². The summed E-state index contributed by atoms with van der Waals surface area (Å²) in [5.41, 5.74) is 7.46. The Morgan fingerprint density at radius 2 is 2.19 bits per heavy atom. The molecule has 0 amide bonds. The molecule has 1 unspecified atom stereocenters. The molecule has 1 heterocycles. The van der Waals surface area contributed by atoms with E-state index in [4.69, 9.17) is 10.9 Å². The second-order valence-corrected chi connectivity index (χ2v) is 6.56. The lowest BCUT2D eigenvalue weighted by molar-refractivity contribution is 0.318. The highest BCUT2D eigenvalue weighted by Crippen LogP contribution is 2.16. The maximum Gasteiger partial charge on any atom is 0.170 e. The fourth-order valence-electron chi connectivity index (χ4n) is 2.16. The van der Waals surface area contributed by atoms with Crippen molar-refractivity contribution in [2.24, 2.45) is 10.9 Å². The lowest BCUT2D eigenvalue weighted by atomic mass is 10.1. The predicted octanol–water partition coefficient (Wildman–Crippen LogP) is 2.87. The Hall–Kier alpha value is -1.85. The summed E-state index contributed by atoms with van der Waals surface area (Å²) in [4.78, 5) is 2.75. The Balaban J connectivity index is 1.90. The lowest BCUT2D eigenvalue weighted by Gasteiger charge is -2.13. The van der Waals surface area contributed by atoms with Gasteiger partial charge in [-0.3, -0.25) is 0 Å². The number of benzene rings is 1. The average molecular weight is 303 g/mol. The minimum Gasteiger partial charge on any atom is -0.409 e. The van der Waals surface area contributed by atoms with E-state index in [1.165, 1.54) is 9.75 Å². The summed E-state index contributed by atoms with van der Waals surface area (Å²) in [5.74, 6) is 0.138. The van der Waals surface area contributed by atoms with Crippen molar-refractivity contribution >= 4 is 17.2 Å². The largest absolute Gasteiger partial charge is 0.409 e. The normalized spacial score (nSPS) is 13.3. The first-order valence-corrected chi connectivity index (χ1v) is 7.75. The third kappa shape index (κ3) is 4.58. The van der Waals surface area contributed by atoms with Gasteiger partial charge in [-0.15, -0.1) is 11.3 Å². The third-order valence-electron chi connectivity index (χ3n) is 3.29. The zero-order chi connectivity index (χ0) is 15.2. The maximum absolute atomic E-state index is 8.71. The quantitative estimate of drug-likeness (QED) is 0.332. The Morgan fingerprint density at radius 3 is 2.86 bits per heavy atom. The molecule has 0 fully saturated rings. The lowest BCUT2D eigenvalue weighted by Crippen LogP contribution is -2.27. The molecule has 1 aromatic heterocycles. The molecular weight excluding hydrogens is 282 g/mol. The topological polar surface area (TPSA) is 70.6 Å². The summed E-state index contributed by atoms with van der Waals surface area (Å²) in [7, 11) is 0. The Morgan fingerprint density at radius 1 is 1.38 bits per heavy atom. The summed E-state index contributed by atoms with van der Waals surface area (Å²) >= 11 is 1.85. The van der Waals surface area contributed by atoms with Gasteiger partial charge >= 0.3 is 0 Å². The molecule has 0 saturated carbocycles. The number of amidine groups is 1. The fourth-order valence-corrected chi connectivity index (χ4v) is 3.18. The van der Waals surface area contributed by atoms with Crippen LogP contribution < -0.4 is 11.1 Å². The molecule has 112 valence electrons. The van der Waals surface area contributed by atoms with Crippen LogP contribution in [0.5, 0.6) is 0 Å². The summed E-state index contributed by atoms with van der Waals surface area (Å²) < 4.78 is 0. The van der Waals surface area contributed by atoms with Gasteiger partial charge < -0.3 is 16.3 Å². The van der Waals surface area contributed by atoms with Crippen molar-refractivity contribution in [2.45, 2.75) is 32.9 Å². The highest BCUT2D eigenvalue weighted by Gasteiger charge is 2.06. The first-order chi connectivity index (χ1) is 10.1. The van der Waals surface area contributed by atoms with Crippen LogP contribution >= 0.6 is 11.3 Å². The van der Waals surface area contributed by atoms with Crippen LogP contribution in [0.4, 0.5) is 0 Å². The summed E-state index contributed by atoms with van der Waals surface area (Å²) in [6, 6.07) is 12.5. The van der Waals surface area contributed by atoms with Crippen molar-refractivity contribution in [3.8, 4) is 0 Å². The summed E-state index contributed by atoms with van der Waals surface area (Å²) in [6.45, 7) is 5.07. The third-order valence-corrected chi connectivity index (χ3v) is 4.31. The SMILES string of the molecule is Cc1ccc(CC(C)NCc2cccc(C(N)=NO)c2)s1. The molecule has 0 aliphatic heterocycles. The second kappa shape index (κ2) is 7.24. The van der Waals surface area contributed by atoms with Gasteiger partial charge in [0, 0.05) is 27.9 Å². The van der Waals surface area contributed by atoms with Gasteiger partial charge in [-0.25, -0.2) is 0 Å². The van der Waals surface area contributed by atoms with Crippen LogP contribution in [0, 0.1) is 6.92 Å². The number of nitrogens with one attached hydrogen (secondary N) is 1. The first-order valence-electron chi connectivity index (χ1n) is 6.94. The molecule has 0 spiro atoms. The van der Waals surface area contributed by atoms with Crippen LogP contribution in [0.25, 0.3) is 0 Å². The number of rotatable bonds is 6. The number of hydrogen-bond donors (Lipinski definition) is 3. The van der Waals surface area contributed by atoms with Crippen molar-refractivity contribution in [1.82, 2.24) is 5.32 Å². The van der Waals surface area contributed by atoms with Gasteiger partial charge in [0.1, 0.15) is 0 Å². The Kier molecular flexibility index (Phi) is 5.36. The average Bonchev–Trinajstić information content (AvgIpc) is 2.89. The summed E-state index contributed by atoms with van der Waals surface area (Å²) in [5, 5.41) is 15.2. The standard InChI is InChI=1S/C16H21N3OS/c1-11(8-15-7-6-12(2)21-15)18-10-13-4-3-5-14(9-13)16(17)19-20/h3-7,9,11,18,20H,8,10H2,1-2H3,(H2,17,19). The van der Waals surface area contributed by atoms with E-state index in [-0.39, 0.29) is 5.84 Å². The number of aryl methyl sites for hydroxylation is 1. The monoisotopic (exact) mass is 303 g/mol. The van der Waals surface area contributed by atoms with Gasteiger partial charge in [-0.1, -0.05) is 23.4 Å². The zero-order valence-electron chi connectivity index (χ0n) is 12.3. The van der Waals surface area contributed by atoms with Crippen LogP contribution in [0.1, 0.15) is 27.8 Å². The number of oxime groups is 1. The molecule has 0 aliphatic carbocycles. The highest BCUT2D eigenvalue weighted by molar-refractivity contribution is 7.11. The number of hydrogen-bond acceptors (Lipinski definition) is 4. The van der Waals surface area contributed by atoms with Gasteiger partial charge in [0.15, 0.2) is 5.84 Å². The minimum absolute atomic E-state index is 0.138. The van der Waals surface area contributed by atoms with Crippen LogP contribution in [0.2, 0.25) is 0 Å². The molecule has 2 rings (SSSR count). The Bertz CT molecular complexity index is 621. The first kappa shape index (κ1) is 15.5. The van der Waals surface area contributed by atoms with Crippen LogP contribution in [0.15, 0.2) is 41.6 Å². The number of thiophene rings is 1. The molecule has 4 nitrogen and oxygen atoms in total. The molecule has 0 aliphatic rings. The minimum atomic E-state index is 0.138. The molecule has 0 bridgehead atoms. The molecule has 4 N–H and O–H groups in total. The van der Waals surface area contributed by atoms with Crippen LogP contribution in [-0.4, -0.2) is 17.1 Å². The molecule has 1 aromatic carbocycles. The number of nitrogens with zero attached hydrogens (tertiary/aromatic N) is 1. The fraction of sp³-hybridized carbons (Fsp3) is 0.312. The van der Waals surface area contributed by atoms with Gasteiger partial charge in [0.05, 0.1) is 0 Å². The van der Waals surface area contributed by atoms with Gasteiger partial charge in [-0.2, -0.15) is 0 Å². The molecular formula is C16H21N3OS. The van der Waals surface area contributed by atoms with Gasteiger partial charge in [0.25, 0.3) is 0 Å². The molecule has 0 saturated heterocycles. The second-order valence-electron chi connectivity index (χ2n) is 5.18. The van der Waals surface area contributed by atoms with Crippen molar-refractivity contribution in [3.63, 3.8) is 0 Å². The molecule has 1 atom stereocenters. The Labute approximate surface area is 129 Å².